The third-order valence-electron chi connectivity index (χ3n) is 21.0. The van der Waals surface area contributed by atoms with E-state index in [1.165, 1.54) is 58.8 Å². The summed E-state index contributed by atoms with van der Waals surface area (Å²) in [7, 11) is 0. The summed E-state index contributed by atoms with van der Waals surface area (Å²) in [6.07, 6.45) is 15.9. The molecular weight excluding hydrogens is 1200 g/mol. The number of carbonyl (C=O) groups excluding carboxylic acids is 1. The van der Waals surface area contributed by atoms with Crippen molar-refractivity contribution in [2.24, 2.45) is 5.41 Å². The molecule has 10 rings (SSSR count). The molecule has 3 aromatic carbocycles. The normalized spacial score (nSPS) is 36.2. The molecule has 0 N–H and O–H groups in total. The van der Waals surface area contributed by atoms with E-state index in [0.29, 0.717) is 65.0 Å². The Hall–Kier alpha value is -3.19. The van der Waals surface area contributed by atoms with Gasteiger partial charge in [-0.2, -0.15) is 0 Å². The van der Waals surface area contributed by atoms with Gasteiger partial charge in [-0.1, -0.05) is 91.0 Å². The number of benzene rings is 3. The molecule has 7 fully saturated rings. The van der Waals surface area contributed by atoms with Crippen LogP contribution in [0.3, 0.4) is 0 Å². The van der Waals surface area contributed by atoms with E-state index in [4.69, 9.17) is 56.8 Å². The molecule has 13 nitrogen and oxygen atoms in total. The molecule has 0 aromatic heterocycles. The van der Waals surface area contributed by atoms with Crippen molar-refractivity contribution < 1.29 is 61.6 Å². The van der Waals surface area contributed by atoms with Crippen molar-refractivity contribution in [1.29, 1.82) is 0 Å². The van der Waals surface area contributed by atoms with Crippen molar-refractivity contribution in [3.8, 4) is 0 Å². The molecule has 7 saturated heterocycles. The summed E-state index contributed by atoms with van der Waals surface area (Å²) in [5, 5.41) is 0. The minimum absolute atomic E-state index is 0.0665. The van der Waals surface area contributed by atoms with Crippen molar-refractivity contribution in [3.63, 3.8) is 0 Å². The first-order chi connectivity index (χ1) is 42.1. The second-order valence-corrected chi connectivity index (χ2v) is 41.8. The van der Waals surface area contributed by atoms with Crippen LogP contribution >= 0.6 is 0 Å². The first-order valence-corrected chi connectivity index (χ1v) is 41.9. The van der Waals surface area contributed by atoms with Crippen molar-refractivity contribution >= 4 is 24.3 Å². The first kappa shape index (κ1) is 66.7. The molecule has 0 aliphatic carbocycles. The Bertz CT molecular complexity index is 2610. The van der Waals surface area contributed by atoms with Crippen molar-refractivity contribution in [1.82, 2.24) is 0 Å². The number of carbonyl (C=O) groups is 1. The fraction of sp³-hybridized carbons (Fsp3) is 0.685. The van der Waals surface area contributed by atoms with Gasteiger partial charge in [-0.3, -0.25) is 0 Å². The van der Waals surface area contributed by atoms with Gasteiger partial charge in [-0.15, -0.1) is 0 Å². The quantitative estimate of drug-likeness (QED) is 0.0225. The second kappa shape index (κ2) is 30.5. The third-order valence-corrected chi connectivity index (χ3v) is 36.2. The maximum absolute atomic E-state index is 13.7. The van der Waals surface area contributed by atoms with Crippen LogP contribution in [-0.2, 0) is 74.9 Å². The molecule has 0 spiro atoms. The Morgan fingerprint density at radius 1 is 0.713 bits per heavy atom. The number of unbranched alkanes of at least 4 members (excludes halogenated alkanes) is 3. The van der Waals surface area contributed by atoms with Crippen LogP contribution in [0.5, 0.6) is 0 Å². The topological polar surface area (TPSA) is 128 Å². The van der Waals surface area contributed by atoms with E-state index in [1.54, 1.807) is 0 Å². The number of rotatable bonds is 28. The fourth-order valence-electron chi connectivity index (χ4n) is 16.1. The average molecular weight is 1310 g/mol. The molecule has 0 amide bonds. The van der Waals surface area contributed by atoms with Gasteiger partial charge in [0.1, 0.15) is 6.10 Å². The summed E-state index contributed by atoms with van der Waals surface area (Å²) < 4.78 is 89.2. The van der Waals surface area contributed by atoms with E-state index >= 15 is 0 Å². The van der Waals surface area contributed by atoms with E-state index < -0.39 is 71.3 Å². The van der Waals surface area contributed by atoms with Crippen LogP contribution in [0.2, 0.25) is 17.7 Å². The van der Waals surface area contributed by atoms with Crippen LogP contribution in [-0.4, -0.2) is 134 Å². The van der Waals surface area contributed by atoms with Crippen LogP contribution in [0.15, 0.2) is 116 Å². The van der Waals surface area contributed by atoms with Gasteiger partial charge in [0.25, 0.3) is 0 Å². The molecule has 1 unspecified atom stereocenters. The minimum atomic E-state index is -2.57. The van der Waals surface area contributed by atoms with Crippen molar-refractivity contribution in [3.05, 3.63) is 133 Å². The summed E-state index contributed by atoms with van der Waals surface area (Å²) in [6, 6.07) is 30.9. The number of esters is 1. The number of hydrogen-bond donors (Lipinski definition) is 0. The zero-order chi connectivity index (χ0) is 61.1. The van der Waals surface area contributed by atoms with E-state index in [9.17, 15) is 4.79 Å². The van der Waals surface area contributed by atoms with Gasteiger partial charge < -0.3 is 18.9 Å². The standard InChI is InChI=1S/C61H79O13.3C4H9.Sn/c1-8-29-64-49-35-59(5)54(34-56-61(7,74-59)55(65-37-42-22-15-11-16-23-42)31-44(68-56)26-19-30-63-36-41-20-13-10-14-21-41)70-48(49)32-52(67-40(3)62)58(4)39-60(6)53(72-51(58)9-2)33-47-46(73-60)28-27-45-50(69-47)38-66-57(71-45)43-24-17-12-18-25-43;3*1-3-4-2;/h8-18,20-25,29,44-57H,1-2,19,26-28,30-39H2,3-7H3;3*1,3-4H2,2H3;/b29-8-;;;;/t44-,45-,46+,47-,48+,49-,50+,51-,52?,53+,54-,55-,56+,57+,58+,59+,60-,61-;;;;/m0..../s1. The van der Waals surface area contributed by atoms with Gasteiger partial charge in [0.2, 0.25) is 0 Å². The Morgan fingerprint density at radius 3 is 2.03 bits per heavy atom. The van der Waals surface area contributed by atoms with E-state index in [1.807, 2.05) is 66.9 Å². The molecule has 0 saturated carbocycles. The van der Waals surface area contributed by atoms with Gasteiger partial charge in [0, 0.05) is 18.6 Å². The van der Waals surface area contributed by atoms with Gasteiger partial charge in [-0.25, -0.2) is 0 Å². The Morgan fingerprint density at radius 2 is 1.37 bits per heavy atom. The molecule has 7 heterocycles. The molecular formula is C73H106O13Sn. The predicted molar refractivity (Wildman–Crippen MR) is 341 cm³/mol. The molecule has 7 aliphatic heterocycles. The predicted octanol–water partition coefficient (Wildman–Crippen LogP) is 15.5. The van der Waals surface area contributed by atoms with Crippen LogP contribution < -0.4 is 0 Å². The average Bonchev–Trinajstić information content (AvgIpc) is 2.14. The summed E-state index contributed by atoms with van der Waals surface area (Å²) in [5.74, 6) is -0.366. The van der Waals surface area contributed by atoms with Crippen molar-refractivity contribution in [2.75, 3.05) is 13.2 Å². The summed E-state index contributed by atoms with van der Waals surface area (Å²) >= 11 is -2.57. The molecule has 14 heteroatoms. The Labute approximate surface area is 525 Å². The summed E-state index contributed by atoms with van der Waals surface area (Å²) in [5.41, 5.74) is 0.202. The van der Waals surface area contributed by atoms with Crippen LogP contribution in [0.1, 0.15) is 181 Å². The van der Waals surface area contributed by atoms with Gasteiger partial charge in [-0.05, 0) is 36.8 Å². The van der Waals surface area contributed by atoms with E-state index in [-0.39, 0.29) is 60.9 Å². The molecule has 480 valence electrons. The molecule has 0 radical (unpaired) electrons. The summed E-state index contributed by atoms with van der Waals surface area (Å²) in [6.45, 7) is 23.8. The maximum atomic E-state index is 13.7. The zero-order valence-corrected chi connectivity index (χ0v) is 56.8. The van der Waals surface area contributed by atoms with Crippen LogP contribution in [0, 0.1) is 5.41 Å². The monoisotopic (exact) mass is 1310 g/mol. The molecule has 0 bridgehead atoms. The fourth-order valence-corrected chi connectivity index (χ4v) is 31.1. The first-order valence-electron chi connectivity index (χ1n) is 33.8. The number of ether oxygens (including phenoxy) is 12. The molecule has 7 aliphatic rings. The summed E-state index contributed by atoms with van der Waals surface area (Å²) in [4.78, 5) is 13.7. The number of hydrogen-bond acceptors (Lipinski definition) is 13. The SMILES string of the molecule is C=C[C@@H]1O[C@@H]2C[C@@H]3O[C@@H]4CO[C@@H](c5ccccc5)O[C@H]4CC[C@H]3O[C@@]2(C)C[C@@]1(C)C(C[C@H]1O[C@H]2C[C@H]3O[C@@H](CCCOCc4ccccc4)C[C@H](OCc4ccccc4)[C@]3(C)O[C@]2(C)C[C@@H]1O/C=C\[CH2][Sn]([CH2]CCC)([CH2]CCC)[CH2]CCC)OC(C)=O. The second-order valence-electron chi connectivity index (χ2n) is 27.8. The van der Waals surface area contributed by atoms with Gasteiger partial charge in [0.05, 0.1) is 31.5 Å². The number of fused-ring (bicyclic) bond motifs is 5. The zero-order valence-electron chi connectivity index (χ0n) is 54.0. The van der Waals surface area contributed by atoms with Crippen molar-refractivity contribution in [2.45, 2.75) is 292 Å². The third kappa shape index (κ3) is 16.2. The van der Waals surface area contributed by atoms with Gasteiger partial charge in [0.15, 0.2) is 6.29 Å². The number of allylic oxidation sites excluding steroid dienone is 1. The van der Waals surface area contributed by atoms with E-state index in [0.717, 1.165) is 46.8 Å². The Kier molecular flexibility index (Phi) is 23.4. The molecule has 3 aromatic rings. The molecule has 87 heavy (non-hydrogen) atoms. The van der Waals surface area contributed by atoms with Gasteiger partial charge >= 0.3 is 320 Å². The van der Waals surface area contributed by atoms with E-state index in [2.05, 4.69) is 97.5 Å². The van der Waals surface area contributed by atoms with Crippen LogP contribution in [0.4, 0.5) is 0 Å². The molecule has 18 atom stereocenters. The Balaban J connectivity index is 0.909. The van der Waals surface area contributed by atoms with Crippen LogP contribution in [0.25, 0.3) is 0 Å².